The minimum atomic E-state index is -4.33. The van der Waals surface area contributed by atoms with Gasteiger partial charge >= 0.3 is 5.97 Å². The molecule has 9 heteroatoms. The average Bonchev–Trinajstić information content (AvgIpc) is 2.44. The van der Waals surface area contributed by atoms with Crippen LogP contribution in [0.3, 0.4) is 0 Å². The first-order chi connectivity index (χ1) is 11.7. The minimum absolute atomic E-state index is 0.00658. The zero-order valence-electron chi connectivity index (χ0n) is 16.8. The number of esters is 1. The Bertz CT molecular complexity index is 588. The molecule has 0 fully saturated rings. The van der Waals surface area contributed by atoms with Crippen molar-refractivity contribution in [1.82, 2.24) is 0 Å². The van der Waals surface area contributed by atoms with E-state index in [1.54, 1.807) is 6.92 Å². The van der Waals surface area contributed by atoms with Crippen LogP contribution in [-0.4, -0.2) is 65.5 Å². The normalized spacial score (nSPS) is 14.1. The van der Waals surface area contributed by atoms with Crippen molar-refractivity contribution in [1.29, 1.82) is 0 Å². The number of ether oxygens (including phenoxy) is 1. The molecule has 0 bridgehead atoms. The van der Waals surface area contributed by atoms with E-state index < -0.39 is 21.9 Å². The second-order valence-corrected chi connectivity index (χ2v) is 13.9. The van der Waals surface area contributed by atoms with Crippen molar-refractivity contribution in [3.05, 3.63) is 12.2 Å². The predicted molar refractivity (Wildman–Crippen MR) is 103 cm³/mol. The maximum atomic E-state index is 11.7. The highest BCUT2D eigenvalue weighted by molar-refractivity contribution is 7.45. The van der Waals surface area contributed by atoms with Crippen LogP contribution in [0.1, 0.15) is 13.3 Å². The SMILES string of the molecule is C=C(C)C(=O)OCC[N+](C)(C)CCOP(=O)([O-])OCCC#C[Si](C)(C)C. The van der Waals surface area contributed by atoms with Crippen LogP contribution in [-0.2, 0) is 23.1 Å². The van der Waals surface area contributed by atoms with Gasteiger partial charge in [0.1, 0.15) is 34.4 Å². The van der Waals surface area contributed by atoms with Gasteiger partial charge in [0.15, 0.2) is 0 Å². The van der Waals surface area contributed by atoms with E-state index in [1.165, 1.54) is 0 Å². The number of likely N-dealkylation sites (N-methyl/N-ethyl adjacent to an activating group) is 1. The highest BCUT2D eigenvalue weighted by atomic mass is 31.2. The lowest BCUT2D eigenvalue weighted by atomic mass is 10.4. The fraction of sp³-hybridized carbons (Fsp3) is 0.706. The molecular weight excluding hydrogens is 373 g/mol. The van der Waals surface area contributed by atoms with Crippen LogP contribution in [0.15, 0.2) is 12.2 Å². The number of carbonyl (C=O) groups is 1. The summed E-state index contributed by atoms with van der Waals surface area (Å²) in [5.74, 6) is 2.50. The van der Waals surface area contributed by atoms with E-state index in [4.69, 9.17) is 13.8 Å². The molecule has 150 valence electrons. The van der Waals surface area contributed by atoms with E-state index in [0.29, 0.717) is 29.6 Å². The number of nitrogens with zero attached hydrogens (tertiary/aromatic N) is 1. The van der Waals surface area contributed by atoms with Crippen LogP contribution in [0.25, 0.3) is 0 Å². The van der Waals surface area contributed by atoms with Crippen LogP contribution >= 0.6 is 7.82 Å². The van der Waals surface area contributed by atoms with E-state index in [-0.39, 0.29) is 19.8 Å². The number of quaternary nitrogens is 1. The van der Waals surface area contributed by atoms with Crippen LogP contribution in [0.2, 0.25) is 19.6 Å². The van der Waals surface area contributed by atoms with Crippen molar-refractivity contribution >= 4 is 21.9 Å². The first-order valence-corrected chi connectivity index (χ1v) is 13.4. The number of phosphoric ester groups is 1. The first-order valence-electron chi connectivity index (χ1n) is 8.49. The van der Waals surface area contributed by atoms with E-state index >= 15 is 0 Å². The largest absolute Gasteiger partial charge is 0.756 e. The standard InChI is InChI=1S/C17H32NO6PSi/c1-16(2)17(19)22-13-10-18(3,4)11-14-24-25(20,21)23-12-8-9-15-26(5,6)7/h1,8,10-14H2,2-7H3. The summed E-state index contributed by atoms with van der Waals surface area (Å²) in [6.07, 6.45) is 0.357. The molecule has 0 aromatic heterocycles. The maximum absolute atomic E-state index is 11.7. The molecule has 0 aliphatic carbocycles. The van der Waals surface area contributed by atoms with Gasteiger partial charge in [-0.2, -0.15) is 0 Å². The van der Waals surface area contributed by atoms with Gasteiger partial charge in [0.2, 0.25) is 0 Å². The lowest BCUT2D eigenvalue weighted by Gasteiger charge is -2.30. The summed E-state index contributed by atoms with van der Waals surface area (Å²) in [7, 11) is -2.00. The molecule has 0 aromatic rings. The molecule has 0 saturated carbocycles. The Morgan fingerprint density at radius 2 is 1.69 bits per heavy atom. The van der Waals surface area contributed by atoms with Crippen molar-refractivity contribution < 1.29 is 32.5 Å². The average molecular weight is 406 g/mol. The summed E-state index contributed by atoms with van der Waals surface area (Å²) in [5, 5.41) is 0. The molecule has 0 aromatic carbocycles. The summed E-state index contributed by atoms with van der Waals surface area (Å²) in [6, 6.07) is 0. The Kier molecular flexibility index (Phi) is 10.6. The summed E-state index contributed by atoms with van der Waals surface area (Å²) in [6.45, 7) is 12.6. The fourth-order valence-electron chi connectivity index (χ4n) is 1.59. The Morgan fingerprint density at radius 1 is 1.15 bits per heavy atom. The van der Waals surface area contributed by atoms with Gasteiger partial charge in [-0.25, -0.2) is 4.79 Å². The third-order valence-electron chi connectivity index (χ3n) is 3.16. The second-order valence-electron chi connectivity index (χ2n) is 7.71. The number of rotatable bonds is 11. The van der Waals surface area contributed by atoms with E-state index in [1.807, 2.05) is 14.1 Å². The van der Waals surface area contributed by atoms with Crippen LogP contribution in [0.4, 0.5) is 0 Å². The summed E-state index contributed by atoms with van der Waals surface area (Å²) in [5.41, 5.74) is 3.48. The van der Waals surface area contributed by atoms with Crippen molar-refractivity contribution in [3.8, 4) is 11.5 Å². The van der Waals surface area contributed by atoms with Gasteiger partial charge in [0.05, 0.1) is 20.7 Å². The quantitative estimate of drug-likeness (QED) is 0.0994. The zero-order valence-corrected chi connectivity index (χ0v) is 18.7. The predicted octanol–water partition coefficient (Wildman–Crippen LogP) is 1.95. The minimum Gasteiger partial charge on any atom is -0.756 e. The number of hydrogen-bond acceptors (Lipinski definition) is 6. The third kappa shape index (κ3) is 14.2. The Balaban J connectivity index is 4.10. The van der Waals surface area contributed by atoms with Crippen molar-refractivity contribution in [2.75, 3.05) is 47.0 Å². The number of phosphoric acid groups is 1. The molecule has 0 rings (SSSR count). The molecule has 1 atom stereocenters. The zero-order chi connectivity index (χ0) is 20.4. The highest BCUT2D eigenvalue weighted by Gasteiger charge is 2.18. The van der Waals surface area contributed by atoms with Crippen molar-refractivity contribution in [3.63, 3.8) is 0 Å². The maximum Gasteiger partial charge on any atom is 0.333 e. The highest BCUT2D eigenvalue weighted by Crippen LogP contribution is 2.38. The molecule has 0 spiro atoms. The molecule has 0 radical (unpaired) electrons. The molecule has 0 saturated heterocycles. The van der Waals surface area contributed by atoms with Crippen molar-refractivity contribution in [2.24, 2.45) is 0 Å². The van der Waals surface area contributed by atoms with Gasteiger partial charge < -0.3 is 23.2 Å². The molecule has 0 aliphatic heterocycles. The van der Waals surface area contributed by atoms with E-state index in [0.717, 1.165) is 0 Å². The Hall–Kier alpha value is -0.943. The molecule has 26 heavy (non-hydrogen) atoms. The first kappa shape index (κ1) is 25.1. The van der Waals surface area contributed by atoms with Crippen LogP contribution in [0, 0.1) is 11.5 Å². The van der Waals surface area contributed by atoms with Crippen LogP contribution in [0.5, 0.6) is 0 Å². The second kappa shape index (κ2) is 11.0. The summed E-state index contributed by atoms with van der Waals surface area (Å²) >= 11 is 0. The summed E-state index contributed by atoms with van der Waals surface area (Å²) in [4.78, 5) is 23.0. The molecule has 0 N–H and O–H groups in total. The summed E-state index contributed by atoms with van der Waals surface area (Å²) < 4.78 is 26.9. The topological polar surface area (TPSA) is 84.9 Å². The smallest absolute Gasteiger partial charge is 0.333 e. The fourth-order valence-corrected chi connectivity index (χ4v) is 2.94. The number of carbonyl (C=O) groups excluding carboxylic acids is 1. The molecule has 1 unspecified atom stereocenters. The van der Waals surface area contributed by atoms with Gasteiger partial charge in [-0.3, -0.25) is 4.57 Å². The molecule has 7 nitrogen and oxygen atoms in total. The molecule has 0 aliphatic rings. The van der Waals surface area contributed by atoms with Crippen molar-refractivity contribution in [2.45, 2.75) is 33.0 Å². The van der Waals surface area contributed by atoms with Gasteiger partial charge in [-0.15, -0.1) is 11.5 Å². The molecule has 0 amide bonds. The van der Waals surface area contributed by atoms with Crippen LogP contribution < -0.4 is 4.89 Å². The lowest BCUT2D eigenvalue weighted by molar-refractivity contribution is -0.890. The van der Waals surface area contributed by atoms with Gasteiger partial charge in [0.25, 0.3) is 7.82 Å². The monoisotopic (exact) mass is 405 g/mol. The van der Waals surface area contributed by atoms with Gasteiger partial charge in [0, 0.05) is 12.0 Å². The third-order valence-corrected chi connectivity index (χ3v) is 5.09. The molecular formula is C17H32NO6PSi. The van der Waals surface area contributed by atoms with Gasteiger partial charge in [-0.05, 0) is 6.92 Å². The van der Waals surface area contributed by atoms with E-state index in [2.05, 4.69) is 37.7 Å². The number of hydrogen-bond donors (Lipinski definition) is 0. The Labute approximate surface area is 158 Å². The van der Waals surface area contributed by atoms with Gasteiger partial charge in [-0.1, -0.05) is 26.2 Å². The Morgan fingerprint density at radius 3 is 2.23 bits per heavy atom. The molecule has 0 heterocycles. The lowest BCUT2D eigenvalue weighted by Crippen LogP contribution is -2.45. The van der Waals surface area contributed by atoms with E-state index in [9.17, 15) is 14.3 Å².